The van der Waals surface area contributed by atoms with Gasteiger partial charge in [0.2, 0.25) is 0 Å². The van der Waals surface area contributed by atoms with Crippen LogP contribution in [0.3, 0.4) is 0 Å². The molecule has 0 aliphatic carbocycles. The SMILES string of the molecule is C=C(C)CCCC=C(C)CO. The van der Waals surface area contributed by atoms with Crippen LogP contribution in [-0.2, 0) is 0 Å². The van der Waals surface area contributed by atoms with E-state index < -0.39 is 0 Å². The van der Waals surface area contributed by atoms with Gasteiger partial charge in [-0.2, -0.15) is 0 Å². The molecule has 0 aliphatic rings. The van der Waals surface area contributed by atoms with Crippen molar-refractivity contribution in [1.29, 1.82) is 0 Å². The molecule has 0 bridgehead atoms. The number of hydrogen-bond donors (Lipinski definition) is 1. The summed E-state index contributed by atoms with van der Waals surface area (Å²) in [6.45, 7) is 8.00. The van der Waals surface area contributed by atoms with E-state index >= 15 is 0 Å². The van der Waals surface area contributed by atoms with Crippen LogP contribution in [0.15, 0.2) is 23.8 Å². The van der Waals surface area contributed by atoms with E-state index in [0.717, 1.165) is 24.8 Å². The Morgan fingerprint density at radius 1 is 1.45 bits per heavy atom. The molecule has 0 aliphatic heterocycles. The van der Waals surface area contributed by atoms with Gasteiger partial charge in [-0.05, 0) is 33.1 Å². The van der Waals surface area contributed by atoms with Crippen LogP contribution in [0.4, 0.5) is 0 Å². The van der Waals surface area contributed by atoms with Crippen LogP contribution in [0.25, 0.3) is 0 Å². The van der Waals surface area contributed by atoms with Crippen molar-refractivity contribution >= 4 is 0 Å². The summed E-state index contributed by atoms with van der Waals surface area (Å²) in [6.07, 6.45) is 5.38. The Morgan fingerprint density at radius 2 is 2.09 bits per heavy atom. The van der Waals surface area contributed by atoms with E-state index in [1.54, 1.807) is 0 Å². The molecule has 11 heavy (non-hydrogen) atoms. The predicted molar refractivity (Wildman–Crippen MR) is 49.5 cm³/mol. The van der Waals surface area contributed by atoms with Crippen LogP contribution < -0.4 is 0 Å². The highest BCUT2D eigenvalue weighted by Crippen LogP contribution is 2.05. The standard InChI is InChI=1S/C10H18O/c1-9(2)6-4-5-7-10(3)8-11/h7,11H,1,4-6,8H2,2-3H3. The first-order valence-electron chi connectivity index (χ1n) is 4.07. The smallest absolute Gasteiger partial charge is 0.0639 e. The first-order valence-corrected chi connectivity index (χ1v) is 4.07. The Balaban J connectivity index is 3.33. The van der Waals surface area contributed by atoms with Crippen molar-refractivity contribution in [2.24, 2.45) is 0 Å². The van der Waals surface area contributed by atoms with Crippen LogP contribution in [0.5, 0.6) is 0 Å². The van der Waals surface area contributed by atoms with Gasteiger partial charge in [0, 0.05) is 0 Å². The zero-order valence-corrected chi connectivity index (χ0v) is 7.56. The summed E-state index contributed by atoms with van der Waals surface area (Å²) < 4.78 is 0. The molecule has 0 unspecified atom stereocenters. The highest BCUT2D eigenvalue weighted by Gasteiger charge is 1.87. The van der Waals surface area contributed by atoms with Gasteiger partial charge in [0.05, 0.1) is 6.61 Å². The summed E-state index contributed by atoms with van der Waals surface area (Å²) >= 11 is 0. The van der Waals surface area contributed by atoms with Gasteiger partial charge in [0.1, 0.15) is 0 Å². The average molecular weight is 154 g/mol. The largest absolute Gasteiger partial charge is 0.392 e. The molecule has 0 amide bonds. The number of allylic oxidation sites excluding steroid dienone is 2. The van der Waals surface area contributed by atoms with E-state index in [1.807, 2.05) is 13.8 Å². The molecule has 0 saturated carbocycles. The fraction of sp³-hybridized carbons (Fsp3) is 0.600. The average Bonchev–Trinajstić information content (AvgIpc) is 1.97. The third kappa shape index (κ3) is 7.34. The molecule has 64 valence electrons. The van der Waals surface area contributed by atoms with Crippen LogP contribution in [-0.4, -0.2) is 11.7 Å². The molecule has 0 heterocycles. The number of aliphatic hydroxyl groups excluding tert-OH is 1. The maximum Gasteiger partial charge on any atom is 0.0639 e. The van der Waals surface area contributed by atoms with E-state index in [4.69, 9.17) is 5.11 Å². The molecule has 1 nitrogen and oxygen atoms in total. The topological polar surface area (TPSA) is 20.2 Å². The van der Waals surface area contributed by atoms with Crippen molar-refractivity contribution in [3.63, 3.8) is 0 Å². The summed E-state index contributed by atoms with van der Waals surface area (Å²) in [5.74, 6) is 0. The van der Waals surface area contributed by atoms with E-state index in [2.05, 4.69) is 12.7 Å². The second-order valence-corrected chi connectivity index (χ2v) is 3.06. The molecule has 1 N–H and O–H groups in total. The number of hydrogen-bond acceptors (Lipinski definition) is 1. The molecule has 0 aromatic rings. The van der Waals surface area contributed by atoms with Crippen molar-refractivity contribution in [3.8, 4) is 0 Å². The molecular weight excluding hydrogens is 136 g/mol. The van der Waals surface area contributed by atoms with Gasteiger partial charge < -0.3 is 5.11 Å². The second kappa shape index (κ2) is 6.17. The van der Waals surface area contributed by atoms with Crippen molar-refractivity contribution in [2.75, 3.05) is 6.61 Å². The van der Waals surface area contributed by atoms with Crippen molar-refractivity contribution < 1.29 is 5.11 Å². The molecule has 0 atom stereocenters. The molecule has 0 aromatic carbocycles. The van der Waals surface area contributed by atoms with E-state index in [9.17, 15) is 0 Å². The Morgan fingerprint density at radius 3 is 2.55 bits per heavy atom. The maximum atomic E-state index is 8.66. The first-order chi connectivity index (χ1) is 5.16. The van der Waals surface area contributed by atoms with Gasteiger partial charge >= 0.3 is 0 Å². The first kappa shape index (κ1) is 10.4. The second-order valence-electron chi connectivity index (χ2n) is 3.06. The Bertz CT molecular complexity index is 145. The molecule has 0 aromatic heterocycles. The van der Waals surface area contributed by atoms with Gasteiger partial charge in [-0.3, -0.25) is 0 Å². The van der Waals surface area contributed by atoms with E-state index in [-0.39, 0.29) is 6.61 Å². The molecule has 0 saturated heterocycles. The molecular formula is C10H18O. The lowest BCUT2D eigenvalue weighted by molar-refractivity contribution is 0.331. The zero-order chi connectivity index (χ0) is 8.69. The van der Waals surface area contributed by atoms with Gasteiger partial charge in [0.15, 0.2) is 0 Å². The lowest BCUT2D eigenvalue weighted by Gasteiger charge is -1.97. The maximum absolute atomic E-state index is 8.66. The minimum absolute atomic E-state index is 0.188. The van der Waals surface area contributed by atoms with Crippen molar-refractivity contribution in [2.45, 2.75) is 33.1 Å². The van der Waals surface area contributed by atoms with Gasteiger partial charge in [-0.25, -0.2) is 0 Å². The third-order valence-corrected chi connectivity index (χ3v) is 1.55. The van der Waals surface area contributed by atoms with Crippen LogP contribution in [0.2, 0.25) is 0 Å². The quantitative estimate of drug-likeness (QED) is 0.477. The Hall–Kier alpha value is -0.560. The lowest BCUT2D eigenvalue weighted by atomic mass is 10.1. The van der Waals surface area contributed by atoms with Gasteiger partial charge in [0.25, 0.3) is 0 Å². The highest BCUT2D eigenvalue weighted by molar-refractivity contribution is 4.98. The normalized spacial score (nSPS) is 11.7. The van der Waals surface area contributed by atoms with Crippen molar-refractivity contribution in [3.05, 3.63) is 23.8 Å². The summed E-state index contributed by atoms with van der Waals surface area (Å²) in [5, 5.41) is 8.66. The molecule has 0 spiro atoms. The van der Waals surface area contributed by atoms with Crippen LogP contribution >= 0.6 is 0 Å². The summed E-state index contributed by atoms with van der Waals surface area (Å²) in [5.41, 5.74) is 2.30. The Labute approximate surface area is 69.4 Å². The predicted octanol–water partition coefficient (Wildman–Crippen LogP) is 2.67. The zero-order valence-electron chi connectivity index (χ0n) is 7.56. The number of unbranched alkanes of at least 4 members (excludes halogenated alkanes) is 1. The minimum atomic E-state index is 0.188. The minimum Gasteiger partial charge on any atom is -0.392 e. The van der Waals surface area contributed by atoms with Crippen LogP contribution in [0.1, 0.15) is 33.1 Å². The fourth-order valence-electron chi connectivity index (χ4n) is 0.817. The third-order valence-electron chi connectivity index (χ3n) is 1.55. The van der Waals surface area contributed by atoms with Crippen molar-refractivity contribution in [1.82, 2.24) is 0 Å². The summed E-state index contributed by atoms with van der Waals surface area (Å²) in [7, 11) is 0. The summed E-state index contributed by atoms with van der Waals surface area (Å²) in [4.78, 5) is 0. The Kier molecular flexibility index (Phi) is 5.86. The molecule has 0 fully saturated rings. The van der Waals surface area contributed by atoms with Gasteiger partial charge in [-0.15, -0.1) is 6.58 Å². The van der Waals surface area contributed by atoms with Crippen LogP contribution in [0, 0.1) is 0 Å². The van der Waals surface area contributed by atoms with Gasteiger partial charge in [-0.1, -0.05) is 17.2 Å². The molecule has 0 radical (unpaired) electrons. The monoisotopic (exact) mass is 154 g/mol. The molecule has 1 heteroatoms. The molecule has 0 rings (SSSR count). The number of rotatable bonds is 5. The highest BCUT2D eigenvalue weighted by atomic mass is 16.3. The van der Waals surface area contributed by atoms with E-state index in [1.165, 1.54) is 5.57 Å². The summed E-state index contributed by atoms with van der Waals surface area (Å²) in [6, 6.07) is 0. The number of aliphatic hydroxyl groups is 1. The fourth-order valence-corrected chi connectivity index (χ4v) is 0.817. The van der Waals surface area contributed by atoms with E-state index in [0.29, 0.717) is 0 Å². The lowest BCUT2D eigenvalue weighted by Crippen LogP contribution is -1.83.